The van der Waals surface area contributed by atoms with Crippen molar-refractivity contribution in [3.63, 3.8) is 0 Å². The SMILES string of the molecule is COc1ccccc1CNC(=O)C(C)N(C)Cc1c(C)nn(-c2ccccc2)c1C. The Morgan fingerprint density at radius 2 is 1.80 bits per heavy atom. The fraction of sp³-hybridized carbons (Fsp3) is 0.333. The molecular weight excluding hydrogens is 376 g/mol. The molecule has 0 aliphatic heterocycles. The van der Waals surface area contributed by atoms with Gasteiger partial charge in [0.25, 0.3) is 0 Å². The van der Waals surface area contributed by atoms with Crippen molar-refractivity contribution in [3.05, 3.63) is 77.1 Å². The summed E-state index contributed by atoms with van der Waals surface area (Å²) >= 11 is 0. The Morgan fingerprint density at radius 1 is 1.13 bits per heavy atom. The number of methoxy groups -OCH3 is 1. The summed E-state index contributed by atoms with van der Waals surface area (Å²) in [6.07, 6.45) is 0. The maximum absolute atomic E-state index is 12.7. The topological polar surface area (TPSA) is 59.4 Å². The molecule has 1 amide bonds. The van der Waals surface area contributed by atoms with E-state index in [-0.39, 0.29) is 11.9 Å². The molecule has 3 aromatic rings. The molecule has 1 N–H and O–H groups in total. The number of para-hydroxylation sites is 2. The number of nitrogens with zero attached hydrogens (tertiary/aromatic N) is 3. The molecule has 1 atom stereocenters. The summed E-state index contributed by atoms with van der Waals surface area (Å²) in [5, 5.41) is 7.73. The molecule has 3 rings (SSSR count). The molecule has 0 radical (unpaired) electrons. The molecule has 1 heterocycles. The van der Waals surface area contributed by atoms with Crippen LogP contribution in [0.15, 0.2) is 54.6 Å². The molecule has 0 saturated heterocycles. The number of nitrogens with one attached hydrogen (secondary N) is 1. The number of likely N-dealkylation sites (N-methyl/N-ethyl adjacent to an activating group) is 1. The van der Waals surface area contributed by atoms with Crippen molar-refractivity contribution in [2.75, 3.05) is 14.2 Å². The zero-order chi connectivity index (χ0) is 21.7. The lowest BCUT2D eigenvalue weighted by atomic mass is 10.1. The van der Waals surface area contributed by atoms with Crippen LogP contribution in [0.4, 0.5) is 0 Å². The van der Waals surface area contributed by atoms with Gasteiger partial charge in [-0.05, 0) is 46.0 Å². The van der Waals surface area contributed by atoms with E-state index in [1.165, 1.54) is 0 Å². The maximum atomic E-state index is 12.7. The Morgan fingerprint density at radius 3 is 2.50 bits per heavy atom. The Labute approximate surface area is 178 Å². The van der Waals surface area contributed by atoms with Crippen LogP contribution in [-0.2, 0) is 17.9 Å². The second-order valence-corrected chi connectivity index (χ2v) is 7.52. The highest BCUT2D eigenvalue weighted by molar-refractivity contribution is 5.81. The standard InChI is InChI=1S/C24H30N4O2/c1-17-22(18(2)28(26-17)21-12-7-6-8-13-21)16-27(4)19(3)24(29)25-15-20-11-9-10-14-23(20)30-5/h6-14,19H,15-16H2,1-5H3,(H,25,29). The van der Waals surface area contributed by atoms with Crippen LogP contribution in [0.2, 0.25) is 0 Å². The fourth-order valence-corrected chi connectivity index (χ4v) is 3.49. The van der Waals surface area contributed by atoms with E-state index in [9.17, 15) is 4.79 Å². The molecule has 30 heavy (non-hydrogen) atoms. The summed E-state index contributed by atoms with van der Waals surface area (Å²) in [4.78, 5) is 14.8. The molecule has 0 bridgehead atoms. The number of amides is 1. The van der Waals surface area contributed by atoms with Crippen LogP contribution >= 0.6 is 0 Å². The van der Waals surface area contributed by atoms with Crippen LogP contribution in [0.5, 0.6) is 5.75 Å². The van der Waals surface area contributed by atoms with Crippen molar-refractivity contribution in [2.24, 2.45) is 0 Å². The minimum atomic E-state index is -0.279. The number of aromatic nitrogens is 2. The lowest BCUT2D eigenvalue weighted by molar-refractivity contribution is -0.125. The molecule has 158 valence electrons. The highest BCUT2D eigenvalue weighted by Crippen LogP contribution is 2.20. The minimum Gasteiger partial charge on any atom is -0.496 e. The van der Waals surface area contributed by atoms with Crippen LogP contribution < -0.4 is 10.1 Å². The van der Waals surface area contributed by atoms with Crippen LogP contribution in [0.25, 0.3) is 5.69 Å². The zero-order valence-electron chi connectivity index (χ0n) is 18.3. The average Bonchev–Trinajstić information content (AvgIpc) is 3.05. The first-order valence-electron chi connectivity index (χ1n) is 10.1. The van der Waals surface area contributed by atoms with Gasteiger partial charge in [-0.15, -0.1) is 0 Å². The highest BCUT2D eigenvalue weighted by atomic mass is 16.5. The van der Waals surface area contributed by atoms with Crippen molar-refractivity contribution in [1.82, 2.24) is 20.0 Å². The van der Waals surface area contributed by atoms with Crippen molar-refractivity contribution in [2.45, 2.75) is 39.9 Å². The Hall–Kier alpha value is -3.12. The number of rotatable bonds is 8. The predicted octanol–water partition coefficient (Wildman–Crippen LogP) is 3.63. The van der Waals surface area contributed by atoms with Crippen molar-refractivity contribution in [3.8, 4) is 11.4 Å². The summed E-state index contributed by atoms with van der Waals surface area (Å²) in [5.41, 5.74) is 5.20. The van der Waals surface area contributed by atoms with Gasteiger partial charge in [-0.3, -0.25) is 9.69 Å². The van der Waals surface area contributed by atoms with E-state index < -0.39 is 0 Å². The highest BCUT2D eigenvalue weighted by Gasteiger charge is 2.21. The number of hydrogen-bond donors (Lipinski definition) is 1. The second kappa shape index (κ2) is 9.59. The molecule has 6 nitrogen and oxygen atoms in total. The predicted molar refractivity (Wildman–Crippen MR) is 119 cm³/mol. The third-order valence-corrected chi connectivity index (χ3v) is 5.54. The van der Waals surface area contributed by atoms with Gasteiger partial charge in [0.05, 0.1) is 24.5 Å². The molecule has 2 aromatic carbocycles. The van der Waals surface area contributed by atoms with Gasteiger partial charge >= 0.3 is 0 Å². The quantitative estimate of drug-likeness (QED) is 0.621. The normalized spacial score (nSPS) is 12.1. The maximum Gasteiger partial charge on any atom is 0.237 e. The first-order chi connectivity index (χ1) is 14.4. The molecule has 0 fully saturated rings. The number of hydrogen-bond acceptors (Lipinski definition) is 4. The molecule has 1 aromatic heterocycles. The van der Waals surface area contributed by atoms with Crippen LogP contribution in [0, 0.1) is 13.8 Å². The molecule has 0 saturated carbocycles. The van der Waals surface area contributed by atoms with Gasteiger partial charge in [-0.2, -0.15) is 5.10 Å². The van der Waals surface area contributed by atoms with Crippen molar-refractivity contribution < 1.29 is 9.53 Å². The monoisotopic (exact) mass is 406 g/mol. The van der Waals surface area contributed by atoms with E-state index in [2.05, 4.69) is 12.2 Å². The largest absolute Gasteiger partial charge is 0.496 e. The summed E-state index contributed by atoms with van der Waals surface area (Å²) in [7, 11) is 3.60. The number of benzene rings is 2. The average molecular weight is 407 g/mol. The lowest BCUT2D eigenvalue weighted by Gasteiger charge is -2.24. The first-order valence-corrected chi connectivity index (χ1v) is 10.1. The van der Waals surface area contributed by atoms with Crippen molar-refractivity contribution >= 4 is 5.91 Å². The van der Waals surface area contributed by atoms with Crippen LogP contribution in [-0.4, -0.2) is 40.8 Å². The minimum absolute atomic E-state index is 0.0193. The number of carbonyl (C=O) groups is 1. The van der Waals surface area contributed by atoms with E-state index in [4.69, 9.17) is 9.84 Å². The molecule has 0 aliphatic carbocycles. The Bertz CT molecular complexity index is 998. The number of ether oxygens (including phenoxy) is 1. The summed E-state index contributed by atoms with van der Waals surface area (Å²) in [5.74, 6) is 0.757. The van der Waals surface area contributed by atoms with E-state index in [1.54, 1.807) is 7.11 Å². The van der Waals surface area contributed by atoms with E-state index in [0.29, 0.717) is 13.1 Å². The van der Waals surface area contributed by atoms with Crippen molar-refractivity contribution in [1.29, 1.82) is 0 Å². The van der Waals surface area contributed by atoms with E-state index >= 15 is 0 Å². The first kappa shape index (κ1) is 21.6. The van der Waals surface area contributed by atoms with Crippen LogP contribution in [0.1, 0.15) is 29.4 Å². The van der Waals surface area contributed by atoms with Gasteiger partial charge in [-0.1, -0.05) is 36.4 Å². The third-order valence-electron chi connectivity index (χ3n) is 5.54. The van der Waals surface area contributed by atoms with Gasteiger partial charge in [0.1, 0.15) is 5.75 Å². The molecule has 0 spiro atoms. The molecular formula is C24H30N4O2. The van der Waals surface area contributed by atoms with E-state index in [1.807, 2.05) is 85.1 Å². The van der Waals surface area contributed by atoms with Gasteiger partial charge in [-0.25, -0.2) is 4.68 Å². The molecule has 1 unspecified atom stereocenters. The van der Waals surface area contributed by atoms with E-state index in [0.717, 1.165) is 34.0 Å². The summed E-state index contributed by atoms with van der Waals surface area (Å²) in [6.45, 7) is 7.09. The fourth-order valence-electron chi connectivity index (χ4n) is 3.49. The van der Waals surface area contributed by atoms with Gasteiger partial charge < -0.3 is 10.1 Å². The zero-order valence-corrected chi connectivity index (χ0v) is 18.3. The lowest BCUT2D eigenvalue weighted by Crippen LogP contribution is -2.42. The Balaban J connectivity index is 1.66. The second-order valence-electron chi connectivity index (χ2n) is 7.52. The van der Waals surface area contributed by atoms with Gasteiger partial charge in [0.2, 0.25) is 5.91 Å². The third kappa shape index (κ3) is 4.71. The van der Waals surface area contributed by atoms with Crippen LogP contribution in [0.3, 0.4) is 0 Å². The smallest absolute Gasteiger partial charge is 0.237 e. The Kier molecular flexibility index (Phi) is 6.90. The molecule has 0 aliphatic rings. The molecule has 6 heteroatoms. The van der Waals surface area contributed by atoms with Gasteiger partial charge in [0.15, 0.2) is 0 Å². The summed E-state index contributed by atoms with van der Waals surface area (Å²) in [6, 6.07) is 17.5. The number of carbonyl (C=O) groups excluding carboxylic acids is 1. The van der Waals surface area contributed by atoms with Gasteiger partial charge in [0, 0.05) is 29.9 Å². The number of aryl methyl sites for hydroxylation is 1. The summed E-state index contributed by atoms with van der Waals surface area (Å²) < 4.78 is 7.32.